The van der Waals surface area contributed by atoms with Gasteiger partial charge in [0.15, 0.2) is 0 Å². The molecule has 1 saturated heterocycles. The van der Waals surface area contributed by atoms with Gasteiger partial charge in [-0.15, -0.1) is 12.4 Å². The molecule has 0 aromatic carbocycles. The van der Waals surface area contributed by atoms with Crippen molar-refractivity contribution >= 4 is 24.2 Å². The van der Waals surface area contributed by atoms with Gasteiger partial charge in [0.2, 0.25) is 11.8 Å². The molecule has 0 radical (unpaired) electrons. The molecule has 1 aliphatic heterocycles. The van der Waals surface area contributed by atoms with E-state index in [0.717, 1.165) is 57.9 Å². The molecule has 2 unspecified atom stereocenters. The molecule has 2 aliphatic carbocycles. The Labute approximate surface area is 164 Å². The normalized spacial score (nSPS) is 32.8. The Bertz CT molecular complexity index is 474. The first-order chi connectivity index (χ1) is 12.1. The van der Waals surface area contributed by atoms with Crippen LogP contribution in [0.3, 0.4) is 0 Å². The Morgan fingerprint density at radius 3 is 2.27 bits per heavy atom. The van der Waals surface area contributed by atoms with E-state index >= 15 is 0 Å². The minimum Gasteiger partial charge on any atom is -0.353 e. The van der Waals surface area contributed by atoms with E-state index in [9.17, 15) is 9.59 Å². The molecule has 26 heavy (non-hydrogen) atoms. The van der Waals surface area contributed by atoms with Crippen LogP contribution in [0.2, 0.25) is 0 Å². The van der Waals surface area contributed by atoms with Crippen LogP contribution in [0.15, 0.2) is 0 Å². The molecular formula is C20H36ClN3O2. The third-order valence-electron chi connectivity index (χ3n) is 6.68. The Balaban J connectivity index is 0.00000243. The minimum atomic E-state index is 0. The summed E-state index contributed by atoms with van der Waals surface area (Å²) in [6.07, 6.45) is 10.3. The number of piperidine rings is 1. The number of hydrogen-bond acceptors (Lipinski definition) is 3. The highest BCUT2D eigenvalue weighted by atomic mass is 35.5. The molecule has 1 heterocycles. The predicted molar refractivity (Wildman–Crippen MR) is 106 cm³/mol. The van der Waals surface area contributed by atoms with E-state index in [0.29, 0.717) is 18.4 Å². The van der Waals surface area contributed by atoms with E-state index < -0.39 is 0 Å². The molecule has 2 atom stereocenters. The molecule has 0 bridgehead atoms. The number of likely N-dealkylation sites (tertiary alicyclic amines) is 1. The van der Waals surface area contributed by atoms with E-state index in [-0.39, 0.29) is 42.2 Å². The lowest BCUT2D eigenvalue weighted by atomic mass is 9.83. The van der Waals surface area contributed by atoms with E-state index in [1.165, 1.54) is 12.8 Å². The quantitative estimate of drug-likeness (QED) is 0.781. The highest BCUT2D eigenvalue weighted by molar-refractivity contribution is 5.85. The topological polar surface area (TPSA) is 75.4 Å². The summed E-state index contributed by atoms with van der Waals surface area (Å²) in [5, 5.41) is 3.24. The Kier molecular flexibility index (Phi) is 8.21. The second-order valence-corrected chi connectivity index (χ2v) is 8.59. The number of nitrogens with two attached hydrogens (primary N) is 1. The van der Waals surface area contributed by atoms with Crippen LogP contribution in [-0.2, 0) is 9.59 Å². The lowest BCUT2D eigenvalue weighted by Gasteiger charge is -2.41. The second kappa shape index (κ2) is 9.93. The van der Waals surface area contributed by atoms with Gasteiger partial charge in [-0.2, -0.15) is 0 Å². The van der Waals surface area contributed by atoms with Gasteiger partial charge < -0.3 is 16.0 Å². The number of carbonyl (C=O) groups is 2. The van der Waals surface area contributed by atoms with Crippen LogP contribution in [0.25, 0.3) is 0 Å². The lowest BCUT2D eigenvalue weighted by molar-refractivity contribution is -0.141. The molecular weight excluding hydrogens is 350 g/mol. The van der Waals surface area contributed by atoms with Gasteiger partial charge in [0.05, 0.1) is 0 Å². The predicted octanol–water partition coefficient (Wildman–Crippen LogP) is 2.86. The third-order valence-corrected chi connectivity index (χ3v) is 6.68. The van der Waals surface area contributed by atoms with Crippen molar-refractivity contribution in [1.29, 1.82) is 0 Å². The molecule has 150 valence electrons. The van der Waals surface area contributed by atoms with Gasteiger partial charge in [-0.05, 0) is 57.3 Å². The van der Waals surface area contributed by atoms with Crippen molar-refractivity contribution in [3.63, 3.8) is 0 Å². The van der Waals surface area contributed by atoms with Crippen molar-refractivity contribution in [2.24, 2.45) is 23.5 Å². The maximum Gasteiger partial charge on any atom is 0.225 e. The molecule has 6 heteroatoms. The van der Waals surface area contributed by atoms with Crippen LogP contribution in [-0.4, -0.2) is 41.9 Å². The van der Waals surface area contributed by atoms with Crippen LogP contribution < -0.4 is 11.1 Å². The van der Waals surface area contributed by atoms with Crippen LogP contribution in [0, 0.1) is 17.8 Å². The zero-order valence-corrected chi connectivity index (χ0v) is 16.9. The summed E-state index contributed by atoms with van der Waals surface area (Å²) < 4.78 is 0. The van der Waals surface area contributed by atoms with Crippen molar-refractivity contribution in [2.45, 2.75) is 83.2 Å². The molecule has 3 rings (SSSR count). The molecule has 0 aromatic rings. The zero-order valence-electron chi connectivity index (χ0n) is 16.1. The first kappa shape index (κ1) is 21.5. The minimum absolute atomic E-state index is 0. The number of nitrogens with zero attached hydrogens (tertiary/aromatic N) is 1. The first-order valence-electron chi connectivity index (χ1n) is 10.4. The highest BCUT2D eigenvalue weighted by Crippen LogP contribution is 2.31. The van der Waals surface area contributed by atoms with Gasteiger partial charge >= 0.3 is 0 Å². The van der Waals surface area contributed by atoms with Gasteiger partial charge in [0.25, 0.3) is 0 Å². The maximum atomic E-state index is 13.0. The maximum absolute atomic E-state index is 13.0. The standard InChI is InChI=1S/C20H35N3O2.ClH/c1-14-10-11-23(18(12-14)13-21)20(25)16-6-8-17(9-7-16)22-19(24)15-4-2-3-5-15;/h14-18H,2-13,21H2,1H3,(H,22,24);1H. The smallest absolute Gasteiger partial charge is 0.225 e. The first-order valence-corrected chi connectivity index (χ1v) is 10.4. The fourth-order valence-electron chi connectivity index (χ4n) is 4.99. The molecule has 3 fully saturated rings. The lowest BCUT2D eigenvalue weighted by Crippen LogP contribution is -2.52. The van der Waals surface area contributed by atoms with Gasteiger partial charge in [0, 0.05) is 37.0 Å². The fraction of sp³-hybridized carbons (Fsp3) is 0.900. The highest BCUT2D eigenvalue weighted by Gasteiger charge is 2.35. The van der Waals surface area contributed by atoms with Crippen molar-refractivity contribution in [3.8, 4) is 0 Å². The molecule has 2 amide bonds. The summed E-state index contributed by atoms with van der Waals surface area (Å²) in [6.45, 7) is 3.69. The van der Waals surface area contributed by atoms with Crippen molar-refractivity contribution in [3.05, 3.63) is 0 Å². The summed E-state index contributed by atoms with van der Waals surface area (Å²) in [6, 6.07) is 0.486. The van der Waals surface area contributed by atoms with E-state index in [1.54, 1.807) is 0 Å². The third kappa shape index (κ3) is 5.13. The number of hydrogen-bond donors (Lipinski definition) is 2. The van der Waals surface area contributed by atoms with Crippen molar-refractivity contribution in [2.75, 3.05) is 13.1 Å². The van der Waals surface area contributed by atoms with Gasteiger partial charge in [0.1, 0.15) is 0 Å². The molecule has 3 N–H and O–H groups in total. The summed E-state index contributed by atoms with van der Waals surface area (Å²) >= 11 is 0. The number of nitrogens with one attached hydrogen (secondary N) is 1. The average Bonchev–Trinajstić information content (AvgIpc) is 3.16. The number of rotatable bonds is 4. The van der Waals surface area contributed by atoms with Crippen LogP contribution >= 0.6 is 12.4 Å². The van der Waals surface area contributed by atoms with Gasteiger partial charge in [-0.1, -0.05) is 19.8 Å². The van der Waals surface area contributed by atoms with E-state index in [4.69, 9.17) is 5.73 Å². The summed E-state index contributed by atoms with van der Waals surface area (Å²) in [5.74, 6) is 1.59. The van der Waals surface area contributed by atoms with Gasteiger partial charge in [-0.25, -0.2) is 0 Å². The summed E-state index contributed by atoms with van der Waals surface area (Å²) in [4.78, 5) is 27.3. The fourth-order valence-corrected chi connectivity index (χ4v) is 4.99. The Morgan fingerprint density at radius 2 is 1.65 bits per heavy atom. The van der Waals surface area contributed by atoms with Crippen LogP contribution in [0.5, 0.6) is 0 Å². The largest absolute Gasteiger partial charge is 0.353 e. The van der Waals surface area contributed by atoms with Gasteiger partial charge in [-0.3, -0.25) is 9.59 Å². The molecule has 3 aliphatic rings. The molecule has 0 spiro atoms. The SMILES string of the molecule is CC1CCN(C(=O)C2CCC(NC(=O)C3CCCC3)CC2)C(CN)C1.Cl. The number of carbonyl (C=O) groups excluding carboxylic acids is 2. The number of halogens is 1. The molecule has 2 saturated carbocycles. The van der Waals surface area contributed by atoms with Crippen molar-refractivity contribution in [1.82, 2.24) is 10.2 Å². The average molecular weight is 386 g/mol. The Morgan fingerprint density at radius 1 is 1.00 bits per heavy atom. The molecule has 0 aromatic heterocycles. The monoisotopic (exact) mass is 385 g/mol. The summed E-state index contributed by atoms with van der Waals surface area (Å²) in [7, 11) is 0. The zero-order chi connectivity index (χ0) is 17.8. The second-order valence-electron chi connectivity index (χ2n) is 8.59. The van der Waals surface area contributed by atoms with E-state index in [1.807, 2.05) is 0 Å². The van der Waals surface area contributed by atoms with Crippen molar-refractivity contribution < 1.29 is 9.59 Å². The van der Waals surface area contributed by atoms with E-state index in [2.05, 4.69) is 17.1 Å². The molecule has 5 nitrogen and oxygen atoms in total. The van der Waals surface area contributed by atoms with Crippen LogP contribution in [0.1, 0.15) is 71.1 Å². The number of amides is 2. The summed E-state index contributed by atoms with van der Waals surface area (Å²) in [5.41, 5.74) is 5.92. The Hall–Kier alpha value is -0.810. The van der Waals surface area contributed by atoms with Crippen LogP contribution in [0.4, 0.5) is 0 Å².